The van der Waals surface area contributed by atoms with Gasteiger partial charge in [0.1, 0.15) is 11.4 Å². The predicted molar refractivity (Wildman–Crippen MR) is 88.0 cm³/mol. The molecule has 2 heterocycles. The molecule has 0 unspecified atom stereocenters. The van der Waals surface area contributed by atoms with Gasteiger partial charge in [0.15, 0.2) is 5.65 Å². The second-order valence-corrected chi connectivity index (χ2v) is 6.64. The van der Waals surface area contributed by atoms with Crippen molar-refractivity contribution in [2.24, 2.45) is 0 Å². The van der Waals surface area contributed by atoms with Crippen molar-refractivity contribution in [2.75, 3.05) is 18.4 Å². The smallest absolute Gasteiger partial charge is 0.407 e. The number of carbonyl (C=O) groups excluding carboxylic acids is 1. The summed E-state index contributed by atoms with van der Waals surface area (Å²) in [5, 5.41) is 10.1. The fourth-order valence-corrected chi connectivity index (χ4v) is 2.11. The van der Waals surface area contributed by atoms with Crippen LogP contribution < -0.4 is 10.6 Å². The number of ether oxygens (including phenoxy) is 1. The molecular weight excluding hydrogens is 350 g/mol. The Morgan fingerprint density at radius 1 is 1.41 bits per heavy atom. The van der Waals surface area contributed by atoms with Gasteiger partial charge in [0.2, 0.25) is 0 Å². The minimum atomic E-state index is -0.472. The van der Waals surface area contributed by atoms with Crippen LogP contribution in [0.4, 0.5) is 10.6 Å². The van der Waals surface area contributed by atoms with Gasteiger partial charge in [-0.15, -0.1) is 0 Å². The van der Waals surface area contributed by atoms with Crippen molar-refractivity contribution < 1.29 is 9.53 Å². The Balaban J connectivity index is 1.72. The summed E-state index contributed by atoms with van der Waals surface area (Å²) in [6.07, 6.45) is 3.92. The number of nitrogens with zero attached hydrogens (tertiary/aromatic N) is 3. The molecule has 0 aliphatic heterocycles. The molecule has 0 atom stereocenters. The minimum absolute atomic E-state index is 0.393. The number of rotatable bonds is 5. The molecule has 7 nitrogen and oxygen atoms in total. The van der Waals surface area contributed by atoms with E-state index in [0.29, 0.717) is 13.1 Å². The molecule has 8 heteroatoms. The monoisotopic (exact) mass is 369 g/mol. The third kappa shape index (κ3) is 4.87. The fraction of sp³-hybridized carbons (Fsp3) is 0.500. The second-order valence-electron chi connectivity index (χ2n) is 5.78. The third-order valence-corrected chi connectivity index (χ3v) is 3.21. The van der Waals surface area contributed by atoms with Crippen LogP contribution in [0.1, 0.15) is 27.2 Å². The Morgan fingerprint density at radius 3 is 2.91 bits per heavy atom. The molecular formula is C14H20BrN5O2. The summed E-state index contributed by atoms with van der Waals surface area (Å²) in [5.74, 6) is 0.769. The molecule has 0 aliphatic carbocycles. The summed E-state index contributed by atoms with van der Waals surface area (Å²) >= 11 is 3.40. The first kappa shape index (κ1) is 16.5. The lowest BCUT2D eigenvalue weighted by Crippen LogP contribution is -2.33. The Morgan fingerprint density at radius 2 is 2.18 bits per heavy atom. The average molecular weight is 370 g/mol. The molecule has 0 bridgehead atoms. The Bertz CT molecular complexity index is 650. The highest BCUT2D eigenvalue weighted by Gasteiger charge is 2.15. The van der Waals surface area contributed by atoms with Gasteiger partial charge in [-0.25, -0.2) is 14.3 Å². The van der Waals surface area contributed by atoms with Crippen molar-refractivity contribution >= 4 is 33.5 Å². The van der Waals surface area contributed by atoms with Crippen LogP contribution in [-0.2, 0) is 4.74 Å². The van der Waals surface area contributed by atoms with E-state index in [4.69, 9.17) is 4.74 Å². The molecule has 0 radical (unpaired) electrons. The first-order valence-electron chi connectivity index (χ1n) is 7.06. The second kappa shape index (κ2) is 6.95. The van der Waals surface area contributed by atoms with Crippen molar-refractivity contribution in [3.8, 4) is 0 Å². The Kier molecular flexibility index (Phi) is 5.23. The lowest BCUT2D eigenvalue weighted by atomic mass is 10.2. The van der Waals surface area contributed by atoms with Gasteiger partial charge in [-0.2, -0.15) is 5.10 Å². The molecule has 0 aliphatic rings. The highest BCUT2D eigenvalue weighted by Crippen LogP contribution is 2.16. The van der Waals surface area contributed by atoms with Crippen LogP contribution in [0.5, 0.6) is 0 Å². The van der Waals surface area contributed by atoms with Gasteiger partial charge in [0, 0.05) is 19.3 Å². The Labute approximate surface area is 137 Å². The number of anilines is 1. The Hall–Kier alpha value is -1.83. The van der Waals surface area contributed by atoms with Crippen molar-refractivity contribution in [3.63, 3.8) is 0 Å². The number of hydrogen-bond acceptors (Lipinski definition) is 5. The standard InChI is InChI=1S/C14H20BrN5O2/c1-14(2,3)22-13(21)17-7-4-6-16-11-5-8-20-12(19-11)10(15)9-18-20/h5,8-9H,4,6-7H2,1-3H3,(H,16,19)(H,17,21). The molecule has 22 heavy (non-hydrogen) atoms. The van der Waals surface area contributed by atoms with Gasteiger partial charge in [0.05, 0.1) is 10.7 Å². The van der Waals surface area contributed by atoms with Crippen molar-refractivity contribution in [3.05, 3.63) is 22.9 Å². The lowest BCUT2D eigenvalue weighted by molar-refractivity contribution is 0.0528. The average Bonchev–Trinajstić information content (AvgIpc) is 2.78. The van der Waals surface area contributed by atoms with E-state index in [2.05, 4.69) is 36.6 Å². The molecule has 0 saturated carbocycles. The van der Waals surface area contributed by atoms with E-state index in [1.807, 2.05) is 33.0 Å². The molecule has 0 spiro atoms. The van der Waals surface area contributed by atoms with Crippen LogP contribution in [0.15, 0.2) is 22.9 Å². The minimum Gasteiger partial charge on any atom is -0.444 e. The molecule has 2 rings (SSSR count). The molecule has 2 N–H and O–H groups in total. The molecule has 1 amide bonds. The number of fused-ring (bicyclic) bond motifs is 1. The molecule has 0 aromatic carbocycles. The number of halogens is 1. The van der Waals surface area contributed by atoms with Crippen LogP contribution in [-0.4, -0.2) is 39.4 Å². The normalized spacial score (nSPS) is 11.5. The molecule has 2 aromatic rings. The van der Waals surface area contributed by atoms with E-state index in [0.717, 1.165) is 22.4 Å². The molecule has 120 valence electrons. The van der Waals surface area contributed by atoms with E-state index in [1.54, 1.807) is 10.7 Å². The maximum absolute atomic E-state index is 11.5. The summed E-state index contributed by atoms with van der Waals surface area (Å²) in [6.45, 7) is 6.75. The van der Waals surface area contributed by atoms with Gasteiger partial charge in [-0.05, 0) is 49.2 Å². The van der Waals surface area contributed by atoms with Crippen LogP contribution in [0.3, 0.4) is 0 Å². The first-order chi connectivity index (χ1) is 10.3. The van der Waals surface area contributed by atoms with Crippen molar-refractivity contribution in [1.29, 1.82) is 0 Å². The summed E-state index contributed by atoms with van der Waals surface area (Å²) in [4.78, 5) is 15.9. The molecule has 0 saturated heterocycles. The van der Waals surface area contributed by atoms with Crippen LogP contribution >= 0.6 is 15.9 Å². The summed E-state index contributed by atoms with van der Waals surface area (Å²) < 4.78 is 7.70. The van der Waals surface area contributed by atoms with E-state index in [9.17, 15) is 4.79 Å². The van der Waals surface area contributed by atoms with Gasteiger partial charge < -0.3 is 15.4 Å². The van der Waals surface area contributed by atoms with E-state index in [-0.39, 0.29) is 0 Å². The summed E-state index contributed by atoms with van der Waals surface area (Å²) in [5.41, 5.74) is 0.289. The van der Waals surface area contributed by atoms with Crippen LogP contribution in [0.25, 0.3) is 5.65 Å². The predicted octanol–water partition coefficient (Wildman–Crippen LogP) is 2.82. The van der Waals surface area contributed by atoms with Crippen molar-refractivity contribution in [2.45, 2.75) is 32.8 Å². The zero-order valence-corrected chi connectivity index (χ0v) is 14.5. The van der Waals surface area contributed by atoms with Crippen LogP contribution in [0.2, 0.25) is 0 Å². The van der Waals surface area contributed by atoms with Crippen molar-refractivity contribution in [1.82, 2.24) is 19.9 Å². The summed E-state index contributed by atoms with van der Waals surface area (Å²) in [7, 11) is 0. The maximum atomic E-state index is 11.5. The van der Waals surface area contributed by atoms with Gasteiger partial charge in [-0.1, -0.05) is 0 Å². The van der Waals surface area contributed by atoms with E-state index >= 15 is 0 Å². The van der Waals surface area contributed by atoms with Gasteiger partial charge >= 0.3 is 6.09 Å². The largest absolute Gasteiger partial charge is 0.444 e. The highest BCUT2D eigenvalue weighted by molar-refractivity contribution is 9.10. The number of amides is 1. The molecule has 0 fully saturated rings. The lowest BCUT2D eigenvalue weighted by Gasteiger charge is -2.19. The number of aromatic nitrogens is 3. The number of carbonyl (C=O) groups is 1. The summed E-state index contributed by atoms with van der Waals surface area (Å²) in [6, 6.07) is 1.85. The van der Waals surface area contributed by atoms with Gasteiger partial charge in [-0.3, -0.25) is 0 Å². The van der Waals surface area contributed by atoms with E-state index < -0.39 is 11.7 Å². The third-order valence-electron chi connectivity index (χ3n) is 2.65. The highest BCUT2D eigenvalue weighted by atomic mass is 79.9. The first-order valence-corrected chi connectivity index (χ1v) is 7.85. The van der Waals surface area contributed by atoms with E-state index in [1.165, 1.54) is 0 Å². The number of nitrogens with one attached hydrogen (secondary N) is 2. The topological polar surface area (TPSA) is 80.5 Å². The molecule has 2 aromatic heterocycles. The van der Waals surface area contributed by atoms with Crippen LogP contribution in [0, 0.1) is 0 Å². The fourth-order valence-electron chi connectivity index (χ4n) is 1.75. The zero-order chi connectivity index (χ0) is 16.2. The number of hydrogen-bond donors (Lipinski definition) is 2. The zero-order valence-electron chi connectivity index (χ0n) is 12.9. The maximum Gasteiger partial charge on any atom is 0.407 e. The quantitative estimate of drug-likeness (QED) is 0.792. The van der Waals surface area contributed by atoms with Gasteiger partial charge in [0.25, 0.3) is 0 Å². The SMILES string of the molecule is CC(C)(C)OC(=O)NCCCNc1ccn2ncc(Br)c2n1. The number of alkyl carbamates (subject to hydrolysis) is 1.